The molecule has 9 nitrogen and oxygen atoms in total. The molecule has 0 aliphatic heterocycles. The Hall–Kier alpha value is -4.60. The van der Waals surface area contributed by atoms with Crippen LogP contribution in [0.3, 0.4) is 0 Å². The van der Waals surface area contributed by atoms with Crippen molar-refractivity contribution in [3.05, 3.63) is 61.2 Å². The van der Waals surface area contributed by atoms with Crippen molar-refractivity contribution in [3.8, 4) is 39.8 Å². The third-order valence-electron chi connectivity index (χ3n) is 5.26. The van der Waals surface area contributed by atoms with Gasteiger partial charge in [0.2, 0.25) is 0 Å². The number of methoxy groups -OCH3 is 1. The van der Waals surface area contributed by atoms with Crippen molar-refractivity contribution in [3.63, 3.8) is 0 Å². The summed E-state index contributed by atoms with van der Waals surface area (Å²) in [5.74, 6) is 0.583. The molecule has 0 spiro atoms. The minimum atomic E-state index is -0.399. The van der Waals surface area contributed by atoms with E-state index in [-0.39, 0.29) is 0 Å². The summed E-state index contributed by atoms with van der Waals surface area (Å²) in [6.07, 6.45) is 8.37. The van der Waals surface area contributed by atoms with Crippen LogP contribution in [0.5, 0.6) is 5.75 Å². The van der Waals surface area contributed by atoms with Gasteiger partial charge in [0.1, 0.15) is 17.3 Å². The Balaban J connectivity index is 1.51. The van der Waals surface area contributed by atoms with Crippen LogP contribution in [0.15, 0.2) is 55.4 Å². The van der Waals surface area contributed by atoms with Crippen LogP contribution in [0.1, 0.15) is 0 Å². The minimum absolute atomic E-state index is 0.399. The van der Waals surface area contributed by atoms with Crippen molar-refractivity contribution in [1.29, 1.82) is 0 Å². The summed E-state index contributed by atoms with van der Waals surface area (Å²) < 4.78 is 19.3. The second-order valence-electron chi connectivity index (χ2n) is 7.20. The first kappa shape index (κ1) is 18.2. The zero-order valence-corrected chi connectivity index (χ0v) is 16.7. The SMILES string of the molecule is COc1cc(F)cc(-c2cncc3[nH]c(-c4n[nH]c5cnc(-c6cnc[nH]6)cc45)nc23)c1. The van der Waals surface area contributed by atoms with Crippen molar-refractivity contribution < 1.29 is 9.13 Å². The topological polar surface area (TPSA) is 121 Å². The van der Waals surface area contributed by atoms with Gasteiger partial charge in [0.25, 0.3) is 0 Å². The number of hydrogen-bond donors (Lipinski definition) is 3. The number of aromatic nitrogens is 8. The monoisotopic (exact) mass is 426 g/mol. The van der Waals surface area contributed by atoms with Gasteiger partial charge in [-0.1, -0.05) is 0 Å². The Morgan fingerprint density at radius 2 is 1.91 bits per heavy atom. The van der Waals surface area contributed by atoms with Gasteiger partial charge in [-0.05, 0) is 23.8 Å². The molecule has 156 valence electrons. The number of nitrogens with one attached hydrogen (secondary N) is 3. The first-order valence-corrected chi connectivity index (χ1v) is 9.71. The highest BCUT2D eigenvalue weighted by molar-refractivity contribution is 5.97. The largest absolute Gasteiger partial charge is 0.497 e. The number of aromatic amines is 3. The molecule has 0 bridgehead atoms. The Labute approximate surface area is 179 Å². The molecule has 5 aromatic heterocycles. The predicted octanol–water partition coefficient (Wildman–Crippen LogP) is 4.10. The molecule has 3 N–H and O–H groups in total. The Morgan fingerprint density at radius 3 is 2.75 bits per heavy atom. The zero-order chi connectivity index (χ0) is 21.7. The molecule has 6 rings (SSSR count). The Kier molecular flexibility index (Phi) is 3.97. The lowest BCUT2D eigenvalue weighted by Gasteiger charge is -2.06. The van der Waals surface area contributed by atoms with Crippen LogP contribution in [0, 0.1) is 5.82 Å². The summed E-state index contributed by atoms with van der Waals surface area (Å²) in [5.41, 5.74) is 5.62. The Bertz CT molecular complexity index is 1580. The van der Waals surface area contributed by atoms with Gasteiger partial charge in [0, 0.05) is 23.2 Å². The van der Waals surface area contributed by atoms with Gasteiger partial charge in [-0.15, -0.1) is 0 Å². The molecule has 1 aromatic carbocycles. The quantitative estimate of drug-likeness (QED) is 0.390. The van der Waals surface area contributed by atoms with E-state index >= 15 is 0 Å². The fourth-order valence-electron chi connectivity index (χ4n) is 3.73. The normalized spacial score (nSPS) is 11.4. The highest BCUT2D eigenvalue weighted by Crippen LogP contribution is 2.33. The molecule has 0 atom stereocenters. The van der Waals surface area contributed by atoms with Crippen LogP contribution < -0.4 is 4.74 Å². The number of imidazole rings is 2. The molecule has 6 aromatic rings. The number of H-pyrrole nitrogens is 3. The lowest BCUT2D eigenvalue weighted by Crippen LogP contribution is -1.89. The van der Waals surface area contributed by atoms with Gasteiger partial charge in [0.05, 0.1) is 60.0 Å². The number of ether oxygens (including phenoxy) is 1. The summed E-state index contributed by atoms with van der Waals surface area (Å²) in [6.45, 7) is 0. The van der Waals surface area contributed by atoms with E-state index < -0.39 is 5.82 Å². The molecule has 0 saturated carbocycles. The second kappa shape index (κ2) is 6.98. The second-order valence-corrected chi connectivity index (χ2v) is 7.20. The van der Waals surface area contributed by atoms with Crippen LogP contribution in [0.25, 0.3) is 56.0 Å². The smallest absolute Gasteiger partial charge is 0.159 e. The van der Waals surface area contributed by atoms with Crippen molar-refractivity contribution in [2.75, 3.05) is 7.11 Å². The number of fused-ring (bicyclic) bond motifs is 2. The van der Waals surface area contributed by atoms with Gasteiger partial charge in [0.15, 0.2) is 5.82 Å². The molecule has 0 fully saturated rings. The molecule has 0 radical (unpaired) electrons. The molecule has 10 heteroatoms. The molecular formula is C22H15FN8O. The molecule has 5 heterocycles. The van der Waals surface area contributed by atoms with Crippen molar-refractivity contribution in [2.45, 2.75) is 0 Å². The molecular weight excluding hydrogens is 411 g/mol. The number of nitrogens with zero attached hydrogens (tertiary/aromatic N) is 5. The number of benzene rings is 1. The van der Waals surface area contributed by atoms with E-state index in [4.69, 9.17) is 9.72 Å². The zero-order valence-electron chi connectivity index (χ0n) is 16.7. The lowest BCUT2D eigenvalue weighted by molar-refractivity contribution is 0.411. The van der Waals surface area contributed by atoms with Gasteiger partial charge in [-0.25, -0.2) is 14.4 Å². The maximum absolute atomic E-state index is 14.1. The van der Waals surface area contributed by atoms with Gasteiger partial charge < -0.3 is 14.7 Å². The standard InChI is InChI=1S/C22H15FN8O/c1-32-13-3-11(2-12(23)4-13)15-6-24-8-19-20(15)29-22(28-19)21-14-5-16(18-7-25-10-27-18)26-9-17(14)30-31-21/h2-10H,1H3,(H,25,27)(H,28,29)(H,30,31). The van der Waals surface area contributed by atoms with E-state index in [0.717, 1.165) is 22.3 Å². The van der Waals surface area contributed by atoms with Crippen molar-refractivity contribution in [1.82, 2.24) is 40.1 Å². The van der Waals surface area contributed by atoms with Crippen molar-refractivity contribution in [2.24, 2.45) is 0 Å². The van der Waals surface area contributed by atoms with Crippen LogP contribution in [-0.2, 0) is 0 Å². The van der Waals surface area contributed by atoms with Crippen molar-refractivity contribution >= 4 is 21.9 Å². The third-order valence-corrected chi connectivity index (χ3v) is 5.26. The molecule has 0 aliphatic carbocycles. The summed E-state index contributed by atoms with van der Waals surface area (Å²) >= 11 is 0. The third kappa shape index (κ3) is 2.88. The van der Waals surface area contributed by atoms with Crippen LogP contribution in [-0.4, -0.2) is 47.2 Å². The number of hydrogen-bond acceptors (Lipinski definition) is 6. The van der Waals surface area contributed by atoms with Gasteiger partial charge in [-0.3, -0.25) is 15.1 Å². The maximum Gasteiger partial charge on any atom is 0.159 e. The molecule has 0 unspecified atom stereocenters. The van der Waals surface area contributed by atoms with E-state index in [9.17, 15) is 4.39 Å². The lowest BCUT2D eigenvalue weighted by atomic mass is 10.1. The van der Waals surface area contributed by atoms with E-state index in [1.165, 1.54) is 19.2 Å². The molecule has 0 aliphatic rings. The summed E-state index contributed by atoms with van der Waals surface area (Å²) in [5, 5.41) is 8.29. The summed E-state index contributed by atoms with van der Waals surface area (Å²) in [7, 11) is 1.50. The van der Waals surface area contributed by atoms with Crippen LogP contribution in [0.2, 0.25) is 0 Å². The number of pyridine rings is 2. The van der Waals surface area contributed by atoms with Gasteiger partial charge >= 0.3 is 0 Å². The molecule has 0 saturated heterocycles. The Morgan fingerprint density at radius 1 is 0.969 bits per heavy atom. The fourth-order valence-corrected chi connectivity index (χ4v) is 3.73. The van der Waals surface area contributed by atoms with E-state index in [1.807, 2.05) is 6.07 Å². The van der Waals surface area contributed by atoms with E-state index in [0.29, 0.717) is 39.4 Å². The first-order chi connectivity index (χ1) is 15.7. The van der Waals surface area contributed by atoms with E-state index in [1.54, 1.807) is 37.2 Å². The summed E-state index contributed by atoms with van der Waals surface area (Å²) in [4.78, 5) is 23.9. The fraction of sp³-hybridized carbons (Fsp3) is 0.0455. The predicted molar refractivity (Wildman–Crippen MR) is 116 cm³/mol. The average molecular weight is 426 g/mol. The molecule has 32 heavy (non-hydrogen) atoms. The highest BCUT2D eigenvalue weighted by Gasteiger charge is 2.17. The minimum Gasteiger partial charge on any atom is -0.497 e. The highest BCUT2D eigenvalue weighted by atomic mass is 19.1. The van der Waals surface area contributed by atoms with Gasteiger partial charge in [-0.2, -0.15) is 5.10 Å². The van der Waals surface area contributed by atoms with Crippen LogP contribution in [0.4, 0.5) is 4.39 Å². The molecule has 0 amide bonds. The first-order valence-electron chi connectivity index (χ1n) is 9.71. The number of rotatable bonds is 4. The number of halogens is 1. The van der Waals surface area contributed by atoms with E-state index in [2.05, 4.69) is 35.1 Å². The van der Waals surface area contributed by atoms with Crippen LogP contribution >= 0.6 is 0 Å². The maximum atomic E-state index is 14.1. The summed E-state index contributed by atoms with van der Waals surface area (Å²) in [6, 6.07) is 6.43. The average Bonchev–Trinajstić information content (AvgIpc) is 3.56.